The Balaban J connectivity index is 1.59. The van der Waals surface area contributed by atoms with Crippen molar-refractivity contribution < 1.29 is 4.79 Å². The Bertz CT molecular complexity index is 601. The van der Waals surface area contributed by atoms with Gasteiger partial charge in [-0.05, 0) is 43.6 Å². The molecular formula is C14H18N4O. The summed E-state index contributed by atoms with van der Waals surface area (Å²) in [6, 6.07) is 6.09. The Kier molecular flexibility index (Phi) is 3.21. The number of amides is 1. The number of benzene rings is 1. The summed E-state index contributed by atoms with van der Waals surface area (Å²) in [5.41, 5.74) is 3.16. The number of carbonyl (C=O) groups excluding carboxylic acids is 1. The number of nitrogens with zero attached hydrogens (tertiary/aromatic N) is 1. The van der Waals surface area contributed by atoms with E-state index in [2.05, 4.69) is 26.7 Å². The van der Waals surface area contributed by atoms with Gasteiger partial charge in [0.15, 0.2) is 0 Å². The number of fused-ring (bicyclic) bond motifs is 1. The van der Waals surface area contributed by atoms with Gasteiger partial charge in [-0.25, -0.2) is 4.98 Å². The number of H-pyrrole nitrogens is 1. The van der Waals surface area contributed by atoms with Gasteiger partial charge in [0.1, 0.15) is 5.82 Å². The fraction of sp³-hybridized carbons (Fsp3) is 0.429. The Morgan fingerprint density at radius 3 is 3.05 bits per heavy atom. The number of nitrogens with one attached hydrogen (secondary N) is 3. The molecule has 1 fully saturated rings. The van der Waals surface area contributed by atoms with E-state index in [4.69, 9.17) is 0 Å². The van der Waals surface area contributed by atoms with Gasteiger partial charge in [-0.2, -0.15) is 0 Å². The van der Waals surface area contributed by atoms with Gasteiger partial charge in [-0.15, -0.1) is 0 Å². The van der Waals surface area contributed by atoms with Gasteiger partial charge in [-0.3, -0.25) is 4.79 Å². The molecule has 1 aromatic carbocycles. The number of hydrogen-bond donors (Lipinski definition) is 3. The molecule has 19 heavy (non-hydrogen) atoms. The van der Waals surface area contributed by atoms with E-state index < -0.39 is 0 Å². The minimum atomic E-state index is 0.100. The lowest BCUT2D eigenvalue weighted by Crippen LogP contribution is -2.44. The fourth-order valence-corrected chi connectivity index (χ4v) is 2.27. The SMILES string of the molecule is Cc1ccc2nc(CNC(=O)CC3CNC3)[nH]c2c1. The summed E-state index contributed by atoms with van der Waals surface area (Å²) >= 11 is 0. The van der Waals surface area contributed by atoms with Crippen LogP contribution < -0.4 is 10.6 Å². The van der Waals surface area contributed by atoms with E-state index in [9.17, 15) is 4.79 Å². The topological polar surface area (TPSA) is 69.8 Å². The van der Waals surface area contributed by atoms with Crippen LogP contribution in [-0.2, 0) is 11.3 Å². The van der Waals surface area contributed by atoms with Crippen molar-refractivity contribution in [3.8, 4) is 0 Å². The van der Waals surface area contributed by atoms with Crippen molar-refractivity contribution in [3.63, 3.8) is 0 Å². The monoisotopic (exact) mass is 258 g/mol. The van der Waals surface area contributed by atoms with Crippen LogP contribution in [0.1, 0.15) is 17.8 Å². The summed E-state index contributed by atoms with van der Waals surface area (Å²) < 4.78 is 0. The second-order valence-corrected chi connectivity index (χ2v) is 5.21. The maximum absolute atomic E-state index is 11.7. The molecule has 3 rings (SSSR count). The van der Waals surface area contributed by atoms with E-state index in [1.807, 2.05) is 19.1 Å². The first kappa shape index (κ1) is 12.2. The van der Waals surface area contributed by atoms with Gasteiger partial charge < -0.3 is 15.6 Å². The van der Waals surface area contributed by atoms with Crippen molar-refractivity contribution in [1.82, 2.24) is 20.6 Å². The summed E-state index contributed by atoms with van der Waals surface area (Å²) in [6.07, 6.45) is 0.604. The van der Waals surface area contributed by atoms with Crippen molar-refractivity contribution >= 4 is 16.9 Å². The van der Waals surface area contributed by atoms with Crippen molar-refractivity contribution in [3.05, 3.63) is 29.6 Å². The molecule has 5 heteroatoms. The molecule has 1 amide bonds. The van der Waals surface area contributed by atoms with E-state index >= 15 is 0 Å². The zero-order valence-corrected chi connectivity index (χ0v) is 11.0. The Morgan fingerprint density at radius 2 is 2.32 bits per heavy atom. The van der Waals surface area contributed by atoms with E-state index in [-0.39, 0.29) is 5.91 Å². The van der Waals surface area contributed by atoms with Crippen molar-refractivity contribution in [2.45, 2.75) is 19.9 Å². The average Bonchev–Trinajstić information content (AvgIpc) is 2.73. The molecule has 3 N–H and O–H groups in total. The summed E-state index contributed by atoms with van der Waals surface area (Å²) in [4.78, 5) is 19.4. The van der Waals surface area contributed by atoms with Crippen LogP contribution in [0.4, 0.5) is 0 Å². The maximum atomic E-state index is 11.7. The lowest BCUT2D eigenvalue weighted by Gasteiger charge is -2.26. The number of aryl methyl sites for hydroxylation is 1. The number of hydrogen-bond acceptors (Lipinski definition) is 3. The smallest absolute Gasteiger partial charge is 0.220 e. The molecule has 1 aliphatic rings. The predicted molar refractivity (Wildman–Crippen MR) is 73.7 cm³/mol. The molecule has 0 bridgehead atoms. The highest BCUT2D eigenvalue weighted by Gasteiger charge is 2.19. The van der Waals surface area contributed by atoms with Crippen LogP contribution in [-0.4, -0.2) is 29.0 Å². The lowest BCUT2D eigenvalue weighted by atomic mass is 9.99. The fourth-order valence-electron chi connectivity index (χ4n) is 2.27. The zero-order chi connectivity index (χ0) is 13.2. The number of aromatic amines is 1. The molecule has 100 valence electrons. The third-order valence-electron chi connectivity index (χ3n) is 3.48. The van der Waals surface area contributed by atoms with Gasteiger partial charge >= 0.3 is 0 Å². The number of imidazole rings is 1. The Morgan fingerprint density at radius 1 is 1.47 bits per heavy atom. The van der Waals surface area contributed by atoms with Crippen molar-refractivity contribution in [2.24, 2.45) is 5.92 Å². The summed E-state index contributed by atoms with van der Waals surface area (Å²) in [6.45, 7) is 4.43. The minimum absolute atomic E-state index is 0.100. The molecule has 5 nitrogen and oxygen atoms in total. The van der Waals surface area contributed by atoms with E-state index in [0.29, 0.717) is 18.9 Å². The van der Waals surface area contributed by atoms with Crippen LogP contribution in [0.25, 0.3) is 11.0 Å². The molecule has 0 atom stereocenters. The molecule has 1 aliphatic heterocycles. The van der Waals surface area contributed by atoms with Gasteiger partial charge in [-0.1, -0.05) is 6.07 Å². The molecule has 0 saturated carbocycles. The molecular weight excluding hydrogens is 240 g/mol. The second-order valence-electron chi connectivity index (χ2n) is 5.21. The van der Waals surface area contributed by atoms with Gasteiger partial charge in [0.25, 0.3) is 0 Å². The minimum Gasteiger partial charge on any atom is -0.349 e. The molecule has 1 aromatic heterocycles. The quantitative estimate of drug-likeness (QED) is 0.769. The highest BCUT2D eigenvalue weighted by atomic mass is 16.1. The Hall–Kier alpha value is -1.88. The van der Waals surface area contributed by atoms with Crippen LogP contribution in [0.15, 0.2) is 18.2 Å². The van der Waals surface area contributed by atoms with E-state index in [1.165, 1.54) is 5.56 Å². The number of aromatic nitrogens is 2. The van der Waals surface area contributed by atoms with Crippen LogP contribution in [0, 0.1) is 12.8 Å². The molecule has 0 radical (unpaired) electrons. The molecule has 0 aliphatic carbocycles. The van der Waals surface area contributed by atoms with Crippen LogP contribution in [0.3, 0.4) is 0 Å². The maximum Gasteiger partial charge on any atom is 0.220 e. The number of carbonyl (C=O) groups is 1. The third kappa shape index (κ3) is 2.76. The van der Waals surface area contributed by atoms with Crippen LogP contribution in [0.2, 0.25) is 0 Å². The van der Waals surface area contributed by atoms with Crippen molar-refractivity contribution in [2.75, 3.05) is 13.1 Å². The van der Waals surface area contributed by atoms with E-state index in [1.54, 1.807) is 0 Å². The summed E-state index contributed by atoms with van der Waals surface area (Å²) in [5.74, 6) is 1.40. The molecule has 0 unspecified atom stereocenters. The van der Waals surface area contributed by atoms with Gasteiger partial charge in [0, 0.05) is 6.42 Å². The lowest BCUT2D eigenvalue weighted by molar-refractivity contribution is -0.122. The standard InChI is InChI=1S/C14H18N4O/c1-9-2-3-11-12(4-9)18-13(17-11)8-16-14(19)5-10-6-15-7-10/h2-4,10,15H,5-8H2,1H3,(H,16,19)(H,17,18). The molecule has 0 spiro atoms. The zero-order valence-electron chi connectivity index (χ0n) is 11.0. The van der Waals surface area contributed by atoms with Gasteiger partial charge in [0.2, 0.25) is 5.91 Å². The first-order chi connectivity index (χ1) is 9.20. The normalized spacial score (nSPS) is 15.4. The first-order valence-corrected chi connectivity index (χ1v) is 6.63. The van der Waals surface area contributed by atoms with Crippen LogP contribution in [0.5, 0.6) is 0 Å². The van der Waals surface area contributed by atoms with Crippen molar-refractivity contribution in [1.29, 1.82) is 0 Å². The highest BCUT2D eigenvalue weighted by molar-refractivity contribution is 5.77. The molecule has 2 heterocycles. The number of rotatable bonds is 4. The van der Waals surface area contributed by atoms with Crippen LogP contribution >= 0.6 is 0 Å². The third-order valence-corrected chi connectivity index (χ3v) is 3.48. The highest BCUT2D eigenvalue weighted by Crippen LogP contribution is 2.13. The average molecular weight is 258 g/mol. The second kappa shape index (κ2) is 5.01. The summed E-state index contributed by atoms with van der Waals surface area (Å²) in [5, 5.41) is 6.08. The summed E-state index contributed by atoms with van der Waals surface area (Å²) in [7, 11) is 0. The molecule has 2 aromatic rings. The van der Waals surface area contributed by atoms with Gasteiger partial charge in [0.05, 0.1) is 17.6 Å². The largest absolute Gasteiger partial charge is 0.349 e. The Labute approximate surface area is 111 Å². The van der Waals surface area contributed by atoms with E-state index in [0.717, 1.165) is 29.9 Å². The predicted octanol–water partition coefficient (Wildman–Crippen LogP) is 1.10. The first-order valence-electron chi connectivity index (χ1n) is 6.63. The molecule has 1 saturated heterocycles.